The Hall–Kier alpha value is -1.98. The van der Waals surface area contributed by atoms with E-state index in [1.165, 1.54) is 0 Å². The Morgan fingerprint density at radius 2 is 2.21 bits per heavy atom. The van der Waals surface area contributed by atoms with Crippen LogP contribution in [0.2, 0.25) is 0 Å². The summed E-state index contributed by atoms with van der Waals surface area (Å²) in [5.74, 6) is 0.571. The second-order valence-corrected chi connectivity index (χ2v) is 5.01. The summed E-state index contributed by atoms with van der Waals surface area (Å²) in [5, 5.41) is 12.4. The number of methoxy groups -OCH3 is 1. The topological polar surface area (TPSA) is 55.2 Å². The molecule has 1 unspecified atom stereocenters. The van der Waals surface area contributed by atoms with Crippen LogP contribution in [-0.4, -0.2) is 22.2 Å². The third-order valence-electron chi connectivity index (χ3n) is 2.92. The molecule has 0 aliphatic carbocycles. The molecule has 1 N–H and O–H groups in total. The Bertz CT molecular complexity index is 711. The first-order chi connectivity index (χ1) is 9.29. The molecule has 0 spiro atoms. The largest absolute Gasteiger partial charge is 0.495 e. The molecular formula is C14H12N2O2S. The van der Waals surface area contributed by atoms with Crippen molar-refractivity contribution in [1.29, 1.82) is 0 Å². The van der Waals surface area contributed by atoms with Crippen molar-refractivity contribution >= 4 is 21.6 Å². The van der Waals surface area contributed by atoms with Gasteiger partial charge in [0.2, 0.25) is 0 Å². The molecule has 5 heteroatoms. The summed E-state index contributed by atoms with van der Waals surface area (Å²) in [4.78, 5) is 8.52. The van der Waals surface area contributed by atoms with Crippen molar-refractivity contribution in [2.24, 2.45) is 0 Å². The second kappa shape index (κ2) is 4.95. The van der Waals surface area contributed by atoms with Gasteiger partial charge in [0.25, 0.3) is 0 Å². The summed E-state index contributed by atoms with van der Waals surface area (Å²) in [6.45, 7) is 0. The van der Waals surface area contributed by atoms with Gasteiger partial charge < -0.3 is 9.84 Å². The highest BCUT2D eigenvalue weighted by Gasteiger charge is 2.17. The van der Waals surface area contributed by atoms with Crippen molar-refractivity contribution in [2.45, 2.75) is 6.10 Å². The Morgan fingerprint density at radius 3 is 3.05 bits per heavy atom. The van der Waals surface area contributed by atoms with Crippen molar-refractivity contribution < 1.29 is 9.84 Å². The fourth-order valence-corrected chi connectivity index (χ4v) is 2.74. The lowest BCUT2D eigenvalue weighted by molar-refractivity contribution is 0.209. The van der Waals surface area contributed by atoms with Gasteiger partial charge in [-0.15, -0.1) is 11.3 Å². The predicted octanol–water partition coefficient (Wildman–Crippen LogP) is 2.78. The number of aliphatic hydroxyl groups is 1. The van der Waals surface area contributed by atoms with Crippen molar-refractivity contribution in [2.75, 3.05) is 7.11 Å². The second-order valence-electron chi connectivity index (χ2n) is 4.07. The predicted molar refractivity (Wildman–Crippen MR) is 74.5 cm³/mol. The third kappa shape index (κ3) is 2.18. The van der Waals surface area contributed by atoms with E-state index in [4.69, 9.17) is 4.74 Å². The van der Waals surface area contributed by atoms with Crippen LogP contribution in [0.25, 0.3) is 10.2 Å². The average molecular weight is 272 g/mol. The molecule has 0 aliphatic heterocycles. The number of aromatic nitrogens is 2. The molecular weight excluding hydrogens is 260 g/mol. The lowest BCUT2D eigenvalue weighted by Crippen LogP contribution is -2.05. The van der Waals surface area contributed by atoms with Gasteiger partial charge in [-0.3, -0.25) is 9.97 Å². The highest BCUT2D eigenvalue weighted by atomic mass is 32.1. The summed E-state index contributed by atoms with van der Waals surface area (Å²) in [7, 11) is 1.56. The molecule has 0 fully saturated rings. The van der Waals surface area contributed by atoms with Crippen molar-refractivity contribution in [3.05, 3.63) is 53.3 Å². The molecule has 3 heterocycles. The standard InChI is InChI=1S/C14H12N2O2S/c1-18-11-3-2-5-15-13(11)14(17)9-7-12-10(16-8-9)4-6-19-12/h2-8,14,17H,1H3. The van der Waals surface area contributed by atoms with Crippen LogP contribution in [0.3, 0.4) is 0 Å². The smallest absolute Gasteiger partial charge is 0.143 e. The molecule has 0 saturated heterocycles. The number of rotatable bonds is 3. The lowest BCUT2D eigenvalue weighted by Gasteiger charge is -2.13. The summed E-state index contributed by atoms with van der Waals surface area (Å²) < 4.78 is 6.27. The minimum atomic E-state index is -0.838. The molecule has 3 rings (SSSR count). The number of fused-ring (bicyclic) bond motifs is 1. The van der Waals surface area contributed by atoms with Crippen molar-refractivity contribution in [3.63, 3.8) is 0 Å². The summed E-state index contributed by atoms with van der Waals surface area (Å²) in [5.41, 5.74) is 2.16. The van der Waals surface area contributed by atoms with Gasteiger partial charge in [-0.05, 0) is 29.6 Å². The Labute approximate surface area is 114 Å². The van der Waals surface area contributed by atoms with Crippen LogP contribution in [-0.2, 0) is 0 Å². The van der Waals surface area contributed by atoms with E-state index in [-0.39, 0.29) is 0 Å². The zero-order chi connectivity index (χ0) is 13.2. The highest BCUT2D eigenvalue weighted by Crippen LogP contribution is 2.29. The molecule has 3 aromatic heterocycles. The van der Waals surface area contributed by atoms with E-state index in [0.29, 0.717) is 17.0 Å². The Balaban J connectivity index is 2.04. The SMILES string of the molecule is COc1cccnc1C(O)c1cnc2ccsc2c1. The maximum Gasteiger partial charge on any atom is 0.143 e. The zero-order valence-corrected chi connectivity index (χ0v) is 11.1. The van der Waals surface area contributed by atoms with Gasteiger partial charge in [-0.2, -0.15) is 0 Å². The molecule has 0 aliphatic rings. The molecule has 1 atom stereocenters. The number of ether oxygens (including phenoxy) is 1. The molecule has 4 nitrogen and oxygen atoms in total. The van der Waals surface area contributed by atoms with E-state index >= 15 is 0 Å². The van der Waals surface area contributed by atoms with Crippen LogP contribution < -0.4 is 4.74 Å². The normalized spacial score (nSPS) is 12.5. The van der Waals surface area contributed by atoms with Gasteiger partial charge in [0.15, 0.2) is 0 Å². The fourth-order valence-electron chi connectivity index (χ4n) is 1.95. The van der Waals surface area contributed by atoms with Crippen molar-refractivity contribution in [3.8, 4) is 5.75 Å². The number of pyridine rings is 2. The van der Waals surface area contributed by atoms with E-state index in [9.17, 15) is 5.11 Å². The third-order valence-corrected chi connectivity index (χ3v) is 3.77. The quantitative estimate of drug-likeness (QED) is 0.796. The van der Waals surface area contributed by atoms with Crippen molar-refractivity contribution in [1.82, 2.24) is 9.97 Å². The Morgan fingerprint density at radius 1 is 1.32 bits per heavy atom. The molecule has 3 aromatic rings. The van der Waals surface area contributed by atoms with Crippen LogP contribution in [0, 0.1) is 0 Å². The summed E-state index contributed by atoms with van der Waals surface area (Å²) in [6.07, 6.45) is 2.47. The van der Waals surface area contributed by atoms with Crippen LogP contribution >= 0.6 is 11.3 Å². The van der Waals surface area contributed by atoms with E-state index < -0.39 is 6.10 Å². The van der Waals surface area contributed by atoms with Gasteiger partial charge >= 0.3 is 0 Å². The number of hydrogen-bond donors (Lipinski definition) is 1. The van der Waals surface area contributed by atoms with Gasteiger partial charge in [-0.1, -0.05) is 0 Å². The van der Waals surface area contributed by atoms with E-state index in [2.05, 4.69) is 9.97 Å². The lowest BCUT2D eigenvalue weighted by atomic mass is 10.1. The van der Waals surface area contributed by atoms with Crippen LogP contribution in [0.15, 0.2) is 42.0 Å². The minimum Gasteiger partial charge on any atom is -0.495 e. The minimum absolute atomic E-state index is 0.503. The molecule has 0 bridgehead atoms. The Kier molecular flexibility index (Phi) is 3.15. The van der Waals surface area contributed by atoms with E-state index in [1.54, 1.807) is 43.0 Å². The maximum atomic E-state index is 10.4. The van der Waals surface area contributed by atoms with Gasteiger partial charge in [0.1, 0.15) is 17.5 Å². The van der Waals surface area contributed by atoms with Crippen LogP contribution in [0.5, 0.6) is 5.75 Å². The van der Waals surface area contributed by atoms with Gasteiger partial charge in [0.05, 0.1) is 17.3 Å². The highest BCUT2D eigenvalue weighted by molar-refractivity contribution is 7.17. The summed E-state index contributed by atoms with van der Waals surface area (Å²) >= 11 is 1.60. The molecule has 0 aromatic carbocycles. The number of nitrogens with zero attached hydrogens (tertiary/aromatic N) is 2. The van der Waals surface area contributed by atoms with E-state index in [1.807, 2.05) is 17.5 Å². The van der Waals surface area contributed by atoms with Crippen LogP contribution in [0.1, 0.15) is 17.4 Å². The first kappa shape index (κ1) is 12.1. The van der Waals surface area contributed by atoms with E-state index in [0.717, 1.165) is 10.2 Å². The van der Waals surface area contributed by atoms with Gasteiger partial charge in [-0.25, -0.2) is 0 Å². The average Bonchev–Trinajstić information content (AvgIpc) is 2.93. The maximum absolute atomic E-state index is 10.4. The van der Waals surface area contributed by atoms with Gasteiger partial charge in [0, 0.05) is 18.0 Å². The first-order valence-corrected chi connectivity index (χ1v) is 6.67. The number of thiophene rings is 1. The monoisotopic (exact) mass is 272 g/mol. The first-order valence-electron chi connectivity index (χ1n) is 5.79. The van der Waals surface area contributed by atoms with Crippen LogP contribution in [0.4, 0.5) is 0 Å². The zero-order valence-electron chi connectivity index (χ0n) is 10.3. The number of aliphatic hydroxyl groups excluding tert-OH is 1. The molecule has 0 amide bonds. The molecule has 96 valence electrons. The summed E-state index contributed by atoms with van der Waals surface area (Å²) in [6, 6.07) is 7.45. The fraction of sp³-hybridized carbons (Fsp3) is 0.143. The molecule has 0 radical (unpaired) electrons. The molecule has 19 heavy (non-hydrogen) atoms. The number of hydrogen-bond acceptors (Lipinski definition) is 5. The molecule has 0 saturated carbocycles.